The van der Waals surface area contributed by atoms with Crippen LogP contribution < -0.4 is 10.6 Å². The van der Waals surface area contributed by atoms with Gasteiger partial charge in [-0.15, -0.1) is 0 Å². The number of pyridine rings is 1. The van der Waals surface area contributed by atoms with E-state index in [2.05, 4.69) is 15.6 Å². The topological polar surface area (TPSA) is 97.2 Å². The van der Waals surface area contributed by atoms with Crippen LogP contribution in [0.25, 0.3) is 0 Å². The summed E-state index contributed by atoms with van der Waals surface area (Å²) >= 11 is 0. The maximum absolute atomic E-state index is 11.6. The van der Waals surface area contributed by atoms with Crippen molar-refractivity contribution in [3.63, 3.8) is 0 Å². The van der Waals surface area contributed by atoms with Gasteiger partial charge in [0.1, 0.15) is 0 Å². The first-order valence-electron chi connectivity index (χ1n) is 6.58. The minimum Gasteiger partial charge on any atom is -0.364 e. The number of carbonyl (C=O) groups excluding carboxylic acids is 1. The standard InChI is InChI=1S/C13H20N4O3/c1-4-10(3)16-12(18)5-6-14-13-11(17(19)20)7-9(2)8-15-13/h7-8,10H,4-6H2,1-3H3,(H,14,15)(H,16,18). The van der Waals surface area contributed by atoms with Crippen LogP contribution in [0.2, 0.25) is 0 Å². The first-order chi connectivity index (χ1) is 9.43. The average molecular weight is 280 g/mol. The minimum absolute atomic E-state index is 0.0765. The van der Waals surface area contributed by atoms with Gasteiger partial charge in [0.15, 0.2) is 0 Å². The number of aryl methyl sites for hydroxylation is 1. The average Bonchev–Trinajstić information content (AvgIpc) is 2.39. The Hall–Kier alpha value is -2.18. The van der Waals surface area contributed by atoms with Crippen molar-refractivity contribution in [1.29, 1.82) is 0 Å². The molecule has 1 heterocycles. The Morgan fingerprint density at radius 3 is 2.85 bits per heavy atom. The van der Waals surface area contributed by atoms with Crippen LogP contribution >= 0.6 is 0 Å². The number of aromatic nitrogens is 1. The SMILES string of the molecule is CCC(C)NC(=O)CCNc1ncc(C)cc1[N+](=O)[O-]. The van der Waals surface area contributed by atoms with Gasteiger partial charge in [0.25, 0.3) is 0 Å². The molecule has 0 aliphatic heterocycles. The van der Waals surface area contributed by atoms with E-state index in [0.29, 0.717) is 6.54 Å². The molecule has 0 saturated heterocycles. The maximum Gasteiger partial charge on any atom is 0.311 e. The van der Waals surface area contributed by atoms with Crippen molar-refractivity contribution >= 4 is 17.4 Å². The number of carbonyl (C=O) groups is 1. The highest BCUT2D eigenvalue weighted by atomic mass is 16.6. The van der Waals surface area contributed by atoms with E-state index in [1.165, 1.54) is 6.07 Å². The Balaban J connectivity index is 2.54. The predicted octanol–water partition coefficient (Wildman–Crippen LogP) is 2.01. The second-order valence-electron chi connectivity index (χ2n) is 4.69. The molecule has 7 heteroatoms. The van der Waals surface area contributed by atoms with Gasteiger partial charge in [-0.2, -0.15) is 0 Å². The lowest BCUT2D eigenvalue weighted by Crippen LogP contribution is -2.33. The molecular formula is C13H20N4O3. The van der Waals surface area contributed by atoms with E-state index in [4.69, 9.17) is 0 Å². The number of nitrogens with zero attached hydrogens (tertiary/aromatic N) is 2. The number of anilines is 1. The Morgan fingerprint density at radius 2 is 2.25 bits per heavy atom. The molecule has 0 aromatic carbocycles. The van der Waals surface area contributed by atoms with Crippen molar-refractivity contribution in [1.82, 2.24) is 10.3 Å². The highest BCUT2D eigenvalue weighted by Gasteiger charge is 2.15. The van der Waals surface area contributed by atoms with Crippen molar-refractivity contribution in [3.8, 4) is 0 Å². The van der Waals surface area contributed by atoms with Crippen LogP contribution in [0.3, 0.4) is 0 Å². The molecule has 1 aromatic rings. The molecule has 0 radical (unpaired) electrons. The molecule has 7 nitrogen and oxygen atoms in total. The first-order valence-corrected chi connectivity index (χ1v) is 6.58. The van der Waals surface area contributed by atoms with Crippen LogP contribution in [0.5, 0.6) is 0 Å². The van der Waals surface area contributed by atoms with Gasteiger partial charge >= 0.3 is 5.69 Å². The molecule has 1 amide bonds. The largest absolute Gasteiger partial charge is 0.364 e. The smallest absolute Gasteiger partial charge is 0.311 e. The molecule has 0 spiro atoms. The fraction of sp³-hybridized carbons (Fsp3) is 0.538. The van der Waals surface area contributed by atoms with Crippen LogP contribution in [0.1, 0.15) is 32.3 Å². The lowest BCUT2D eigenvalue weighted by atomic mass is 10.2. The van der Waals surface area contributed by atoms with E-state index in [1.807, 2.05) is 13.8 Å². The maximum atomic E-state index is 11.6. The molecule has 1 aromatic heterocycles. The number of rotatable bonds is 7. The van der Waals surface area contributed by atoms with Gasteiger partial charge in [-0.25, -0.2) is 4.98 Å². The lowest BCUT2D eigenvalue weighted by molar-refractivity contribution is -0.384. The monoisotopic (exact) mass is 280 g/mol. The second kappa shape index (κ2) is 7.42. The van der Waals surface area contributed by atoms with Crippen molar-refractivity contribution in [3.05, 3.63) is 27.9 Å². The van der Waals surface area contributed by atoms with E-state index in [0.717, 1.165) is 12.0 Å². The number of hydrogen-bond acceptors (Lipinski definition) is 5. The Bertz CT molecular complexity index is 491. The summed E-state index contributed by atoms with van der Waals surface area (Å²) < 4.78 is 0. The second-order valence-corrected chi connectivity index (χ2v) is 4.69. The highest BCUT2D eigenvalue weighted by Crippen LogP contribution is 2.22. The molecule has 20 heavy (non-hydrogen) atoms. The molecule has 1 atom stereocenters. The van der Waals surface area contributed by atoms with Crippen LogP contribution in [-0.2, 0) is 4.79 Å². The number of amides is 1. The fourth-order valence-corrected chi connectivity index (χ4v) is 1.57. The summed E-state index contributed by atoms with van der Waals surface area (Å²) in [4.78, 5) is 26.0. The molecule has 0 aliphatic rings. The zero-order valence-electron chi connectivity index (χ0n) is 12.0. The zero-order valence-corrected chi connectivity index (χ0v) is 12.0. The van der Waals surface area contributed by atoms with Gasteiger partial charge in [-0.1, -0.05) is 6.92 Å². The van der Waals surface area contributed by atoms with Gasteiger partial charge in [0.05, 0.1) is 4.92 Å². The molecule has 110 valence electrons. The van der Waals surface area contributed by atoms with E-state index in [1.54, 1.807) is 13.1 Å². The van der Waals surface area contributed by atoms with Gasteiger partial charge in [0, 0.05) is 31.3 Å². The number of hydrogen-bond donors (Lipinski definition) is 2. The lowest BCUT2D eigenvalue weighted by Gasteiger charge is -2.11. The normalized spacial score (nSPS) is 11.8. The summed E-state index contributed by atoms with van der Waals surface area (Å²) in [5.41, 5.74) is 0.643. The van der Waals surface area contributed by atoms with Crippen LogP contribution in [0, 0.1) is 17.0 Å². The van der Waals surface area contributed by atoms with Crippen LogP contribution in [0.15, 0.2) is 12.3 Å². The Kier molecular flexibility index (Phi) is 5.89. The Labute approximate surface area is 117 Å². The van der Waals surface area contributed by atoms with Crippen molar-refractivity contribution in [2.45, 2.75) is 39.7 Å². The summed E-state index contributed by atoms with van der Waals surface area (Å²) in [5.74, 6) is 0.110. The summed E-state index contributed by atoms with van der Waals surface area (Å²) in [6, 6.07) is 1.59. The van der Waals surface area contributed by atoms with Crippen molar-refractivity contribution in [2.24, 2.45) is 0 Å². The summed E-state index contributed by atoms with van der Waals surface area (Å²) in [5, 5.41) is 16.6. The Morgan fingerprint density at radius 1 is 1.55 bits per heavy atom. The molecule has 0 aliphatic carbocycles. The quantitative estimate of drug-likeness (QED) is 0.588. The van der Waals surface area contributed by atoms with Gasteiger partial charge in [0.2, 0.25) is 11.7 Å². The van der Waals surface area contributed by atoms with Gasteiger partial charge < -0.3 is 10.6 Å². The fourth-order valence-electron chi connectivity index (χ4n) is 1.57. The van der Waals surface area contributed by atoms with Crippen molar-refractivity contribution in [2.75, 3.05) is 11.9 Å². The summed E-state index contributed by atoms with van der Waals surface area (Å²) in [6.45, 7) is 5.96. The van der Waals surface area contributed by atoms with E-state index < -0.39 is 4.92 Å². The molecule has 0 bridgehead atoms. The van der Waals surface area contributed by atoms with E-state index in [9.17, 15) is 14.9 Å². The van der Waals surface area contributed by atoms with Crippen LogP contribution in [0.4, 0.5) is 11.5 Å². The molecule has 1 rings (SSSR count). The summed E-state index contributed by atoms with van der Waals surface area (Å²) in [7, 11) is 0. The van der Waals surface area contributed by atoms with Gasteiger partial charge in [-0.3, -0.25) is 14.9 Å². The molecule has 2 N–H and O–H groups in total. The van der Waals surface area contributed by atoms with E-state index in [-0.39, 0.29) is 29.9 Å². The summed E-state index contributed by atoms with van der Waals surface area (Å²) in [6.07, 6.45) is 2.66. The molecule has 0 saturated carbocycles. The third kappa shape index (κ3) is 4.83. The minimum atomic E-state index is -0.485. The zero-order chi connectivity index (χ0) is 15.1. The first kappa shape index (κ1) is 15.9. The molecule has 1 unspecified atom stereocenters. The number of nitro groups is 1. The van der Waals surface area contributed by atoms with Gasteiger partial charge in [-0.05, 0) is 25.8 Å². The highest BCUT2D eigenvalue weighted by molar-refractivity contribution is 5.76. The predicted molar refractivity (Wildman–Crippen MR) is 76.6 cm³/mol. The molecule has 0 fully saturated rings. The van der Waals surface area contributed by atoms with Crippen molar-refractivity contribution < 1.29 is 9.72 Å². The third-order valence-electron chi connectivity index (χ3n) is 2.87. The third-order valence-corrected chi connectivity index (χ3v) is 2.87. The number of nitrogens with one attached hydrogen (secondary N) is 2. The van der Waals surface area contributed by atoms with Crippen LogP contribution in [-0.4, -0.2) is 28.4 Å². The van der Waals surface area contributed by atoms with E-state index >= 15 is 0 Å². The molecular weight excluding hydrogens is 260 g/mol.